The molecule has 1 aromatic rings. The number of amides is 2. The molecule has 0 heterocycles. The van der Waals surface area contributed by atoms with Gasteiger partial charge in [0.25, 0.3) is 5.91 Å². The fraction of sp³-hybridized carbons (Fsp3) is 0.267. The Morgan fingerprint density at radius 3 is 2.82 bits per heavy atom. The Balaban J connectivity index is 2.85. The fourth-order valence-electron chi connectivity index (χ4n) is 1.59. The summed E-state index contributed by atoms with van der Waals surface area (Å²) >= 11 is 5.98. The lowest BCUT2D eigenvalue weighted by Gasteiger charge is -2.12. The Hall–Kier alpha value is -2.36. The third kappa shape index (κ3) is 5.20. The van der Waals surface area contributed by atoms with Gasteiger partial charge in [-0.25, -0.2) is 0 Å². The molecule has 0 radical (unpaired) electrons. The van der Waals surface area contributed by atoms with Crippen LogP contribution in [0.5, 0.6) is 0 Å². The van der Waals surface area contributed by atoms with Crippen LogP contribution in [0.1, 0.15) is 12.0 Å². The minimum Gasteiger partial charge on any atom is -0.330 e. The quantitative estimate of drug-likeness (QED) is 0.454. The number of carbonyl (C=O) groups excluding carboxylic acids is 2. The monoisotopic (exact) mass is 320 g/mol. The summed E-state index contributed by atoms with van der Waals surface area (Å²) in [6.07, 6.45) is 2.32. The molecule has 22 heavy (non-hydrogen) atoms. The number of rotatable bonds is 7. The molecule has 2 amide bonds. The highest BCUT2D eigenvalue weighted by molar-refractivity contribution is 6.31. The summed E-state index contributed by atoms with van der Waals surface area (Å²) in [5.41, 5.74) is 6.54. The number of hydrogen-bond acceptors (Lipinski definition) is 4. The van der Waals surface area contributed by atoms with Crippen LogP contribution in [0.2, 0.25) is 5.02 Å². The van der Waals surface area contributed by atoms with Gasteiger partial charge in [-0.15, -0.1) is 0 Å². The van der Waals surface area contributed by atoms with E-state index in [9.17, 15) is 9.59 Å². The number of aryl methyl sites for hydroxylation is 1. The van der Waals surface area contributed by atoms with E-state index in [4.69, 9.17) is 22.6 Å². The predicted octanol–water partition coefficient (Wildman–Crippen LogP) is 1.80. The third-order valence-electron chi connectivity index (χ3n) is 2.85. The van der Waals surface area contributed by atoms with Gasteiger partial charge in [-0.1, -0.05) is 17.7 Å². The molecule has 0 aliphatic rings. The van der Waals surface area contributed by atoms with E-state index in [1.165, 1.54) is 11.1 Å². The zero-order valence-electron chi connectivity index (χ0n) is 12.2. The molecule has 0 spiro atoms. The van der Waals surface area contributed by atoms with Gasteiger partial charge < -0.3 is 16.0 Å². The van der Waals surface area contributed by atoms with Crippen molar-refractivity contribution in [3.8, 4) is 6.07 Å². The zero-order chi connectivity index (χ0) is 16.5. The molecular weight excluding hydrogens is 304 g/mol. The van der Waals surface area contributed by atoms with Gasteiger partial charge in [-0.2, -0.15) is 5.26 Å². The number of benzene rings is 1. The molecular formula is C15H17ClN4O2. The van der Waals surface area contributed by atoms with Crippen LogP contribution in [0.15, 0.2) is 30.0 Å². The van der Waals surface area contributed by atoms with Crippen molar-refractivity contribution in [3.63, 3.8) is 0 Å². The maximum atomic E-state index is 12.1. The van der Waals surface area contributed by atoms with Crippen LogP contribution < -0.4 is 11.1 Å². The summed E-state index contributed by atoms with van der Waals surface area (Å²) < 4.78 is 0. The van der Waals surface area contributed by atoms with Crippen molar-refractivity contribution in [2.24, 2.45) is 5.73 Å². The maximum absolute atomic E-state index is 12.1. The second kappa shape index (κ2) is 8.82. The summed E-state index contributed by atoms with van der Waals surface area (Å²) in [4.78, 5) is 24.2. The Morgan fingerprint density at radius 1 is 1.55 bits per heavy atom. The molecule has 6 nitrogen and oxygen atoms in total. The first-order chi connectivity index (χ1) is 10.5. The summed E-state index contributed by atoms with van der Waals surface area (Å²) in [6, 6.07) is 6.80. The van der Waals surface area contributed by atoms with Crippen LogP contribution in [0.4, 0.5) is 5.69 Å². The van der Waals surface area contributed by atoms with Crippen LogP contribution in [-0.2, 0) is 9.59 Å². The maximum Gasteiger partial charge on any atom is 0.267 e. The third-order valence-corrected chi connectivity index (χ3v) is 3.25. The molecule has 0 atom stereocenters. The van der Waals surface area contributed by atoms with Crippen molar-refractivity contribution in [1.82, 2.24) is 4.90 Å². The Labute approximate surface area is 134 Å². The van der Waals surface area contributed by atoms with E-state index in [0.717, 1.165) is 5.56 Å². The van der Waals surface area contributed by atoms with E-state index in [2.05, 4.69) is 5.32 Å². The highest BCUT2D eigenvalue weighted by atomic mass is 35.5. The number of nitriles is 1. The van der Waals surface area contributed by atoms with Gasteiger partial charge in [0, 0.05) is 23.5 Å². The highest BCUT2D eigenvalue weighted by Gasteiger charge is 2.12. The van der Waals surface area contributed by atoms with E-state index in [-0.39, 0.29) is 5.57 Å². The molecule has 0 unspecified atom stereocenters. The number of nitrogens with one attached hydrogen (secondary N) is 1. The number of halogens is 1. The number of nitrogens with zero attached hydrogens (tertiary/aromatic N) is 2. The van der Waals surface area contributed by atoms with Crippen molar-refractivity contribution < 1.29 is 9.59 Å². The fourth-order valence-corrected chi connectivity index (χ4v) is 1.78. The highest BCUT2D eigenvalue weighted by Crippen LogP contribution is 2.20. The minimum atomic E-state index is -0.609. The normalized spacial score (nSPS) is 10.7. The summed E-state index contributed by atoms with van der Waals surface area (Å²) in [6.45, 7) is 2.59. The largest absolute Gasteiger partial charge is 0.330 e. The Bertz CT molecular complexity index is 622. The standard InChI is InChI=1S/C15H17ClN4O2/c1-11-3-4-13(7-14(11)16)19-15(22)12(8-18)9-20(10-21)6-2-5-17/h3-4,7,9-10H,2,5-6,17H2,1H3,(H,19,22)/b12-9-. The minimum absolute atomic E-state index is 0.180. The van der Waals surface area contributed by atoms with Crippen molar-refractivity contribution in [1.29, 1.82) is 5.26 Å². The first kappa shape index (κ1) is 17.7. The number of anilines is 1. The SMILES string of the molecule is Cc1ccc(NC(=O)/C(C#N)=C\N(C=O)CCCN)cc1Cl. The van der Waals surface area contributed by atoms with Gasteiger partial charge in [0.15, 0.2) is 0 Å². The summed E-state index contributed by atoms with van der Waals surface area (Å²) in [5, 5.41) is 12.1. The Morgan fingerprint density at radius 2 is 2.27 bits per heavy atom. The van der Waals surface area contributed by atoms with Gasteiger partial charge in [-0.05, 0) is 37.6 Å². The van der Waals surface area contributed by atoms with Crippen LogP contribution in [-0.4, -0.2) is 30.3 Å². The smallest absolute Gasteiger partial charge is 0.267 e. The lowest BCUT2D eigenvalue weighted by Crippen LogP contribution is -2.22. The van der Waals surface area contributed by atoms with Crippen molar-refractivity contribution in [2.45, 2.75) is 13.3 Å². The molecule has 1 aromatic carbocycles. The van der Waals surface area contributed by atoms with E-state index in [0.29, 0.717) is 36.6 Å². The number of nitrogens with two attached hydrogens (primary N) is 1. The molecule has 1 rings (SSSR count). The predicted molar refractivity (Wildman–Crippen MR) is 85.0 cm³/mol. The molecule has 7 heteroatoms. The molecule has 0 saturated heterocycles. The van der Waals surface area contributed by atoms with Crippen LogP contribution in [0.3, 0.4) is 0 Å². The molecule has 3 N–H and O–H groups in total. The first-order valence-corrected chi connectivity index (χ1v) is 7.00. The van der Waals surface area contributed by atoms with Gasteiger partial charge in [-0.3, -0.25) is 9.59 Å². The van der Waals surface area contributed by atoms with Crippen LogP contribution in [0, 0.1) is 18.3 Å². The molecule has 0 saturated carbocycles. The second-order valence-corrected chi connectivity index (χ2v) is 4.97. The van der Waals surface area contributed by atoms with E-state index in [1.807, 2.05) is 6.92 Å². The molecule has 0 aliphatic carbocycles. The molecule has 116 valence electrons. The molecule has 0 aromatic heterocycles. The topological polar surface area (TPSA) is 99.2 Å². The molecule has 0 aliphatic heterocycles. The average molecular weight is 321 g/mol. The van der Waals surface area contributed by atoms with Gasteiger partial charge >= 0.3 is 0 Å². The van der Waals surface area contributed by atoms with Gasteiger partial charge in [0.2, 0.25) is 6.41 Å². The average Bonchev–Trinajstić information content (AvgIpc) is 2.51. The lowest BCUT2D eigenvalue weighted by atomic mass is 10.2. The number of carbonyl (C=O) groups is 2. The first-order valence-electron chi connectivity index (χ1n) is 6.62. The Kier molecular flexibility index (Phi) is 7.09. The number of hydrogen-bond donors (Lipinski definition) is 2. The van der Waals surface area contributed by atoms with Gasteiger partial charge in [0.1, 0.15) is 11.6 Å². The summed E-state index contributed by atoms with van der Waals surface area (Å²) in [5.74, 6) is -0.609. The second-order valence-electron chi connectivity index (χ2n) is 4.56. The zero-order valence-corrected chi connectivity index (χ0v) is 12.9. The van der Waals surface area contributed by atoms with E-state index < -0.39 is 5.91 Å². The van der Waals surface area contributed by atoms with Crippen molar-refractivity contribution >= 4 is 29.6 Å². The molecule has 0 bridgehead atoms. The van der Waals surface area contributed by atoms with E-state index in [1.54, 1.807) is 24.3 Å². The molecule has 0 fully saturated rings. The van der Waals surface area contributed by atoms with Crippen molar-refractivity contribution in [3.05, 3.63) is 40.6 Å². The van der Waals surface area contributed by atoms with Crippen molar-refractivity contribution in [2.75, 3.05) is 18.4 Å². The van der Waals surface area contributed by atoms with Crippen LogP contribution >= 0.6 is 11.6 Å². The van der Waals surface area contributed by atoms with E-state index >= 15 is 0 Å². The summed E-state index contributed by atoms with van der Waals surface area (Å²) in [7, 11) is 0. The van der Waals surface area contributed by atoms with Crippen LogP contribution in [0.25, 0.3) is 0 Å². The van der Waals surface area contributed by atoms with Gasteiger partial charge in [0.05, 0.1) is 0 Å². The lowest BCUT2D eigenvalue weighted by molar-refractivity contribution is -0.116.